The Balaban J connectivity index is 2.27. The molecule has 22 heavy (non-hydrogen) atoms. The zero-order valence-corrected chi connectivity index (χ0v) is 13.2. The Morgan fingerprint density at radius 2 is 2.18 bits per heavy atom. The van der Waals surface area contributed by atoms with E-state index < -0.39 is 14.9 Å². The van der Waals surface area contributed by atoms with Gasteiger partial charge in [0, 0.05) is 24.7 Å². The van der Waals surface area contributed by atoms with E-state index in [1.165, 1.54) is 19.2 Å². The van der Waals surface area contributed by atoms with E-state index >= 15 is 0 Å². The second kappa shape index (κ2) is 6.59. The summed E-state index contributed by atoms with van der Waals surface area (Å²) in [4.78, 5) is 10.2. The van der Waals surface area contributed by atoms with Crippen molar-refractivity contribution in [3.8, 4) is 5.75 Å². The molecule has 0 saturated carbocycles. The Kier molecular flexibility index (Phi) is 4.99. The summed E-state index contributed by atoms with van der Waals surface area (Å²) in [7, 11) is -2.50. The highest BCUT2D eigenvalue weighted by molar-refractivity contribution is 7.89. The summed E-state index contributed by atoms with van der Waals surface area (Å²) in [6, 6.07) is 3.31. The van der Waals surface area contributed by atoms with E-state index in [0.29, 0.717) is 6.54 Å². The molecule has 9 heteroatoms. The third-order valence-corrected chi connectivity index (χ3v) is 5.28. The minimum atomic E-state index is -3.76. The second-order valence-corrected chi connectivity index (χ2v) is 7.00. The van der Waals surface area contributed by atoms with Crippen LogP contribution in [0, 0.1) is 16.0 Å². The predicted molar refractivity (Wildman–Crippen MR) is 80.4 cm³/mol. The summed E-state index contributed by atoms with van der Waals surface area (Å²) in [6.45, 7) is 3.42. The zero-order valence-electron chi connectivity index (χ0n) is 12.4. The quantitative estimate of drug-likeness (QED) is 0.613. The van der Waals surface area contributed by atoms with Crippen LogP contribution in [0.15, 0.2) is 23.1 Å². The van der Waals surface area contributed by atoms with Crippen molar-refractivity contribution in [2.45, 2.75) is 24.3 Å². The van der Waals surface area contributed by atoms with Crippen LogP contribution in [0.3, 0.4) is 0 Å². The first-order chi connectivity index (χ1) is 10.3. The van der Waals surface area contributed by atoms with Gasteiger partial charge in [0.05, 0.1) is 16.9 Å². The Bertz CT molecular complexity index is 662. The summed E-state index contributed by atoms with van der Waals surface area (Å²) in [5.74, 6) is 0.138. The molecule has 0 radical (unpaired) electrons. The number of nitrogens with zero attached hydrogens (tertiary/aromatic N) is 1. The van der Waals surface area contributed by atoms with Crippen molar-refractivity contribution in [3.05, 3.63) is 28.3 Å². The van der Waals surface area contributed by atoms with Gasteiger partial charge in [-0.3, -0.25) is 10.1 Å². The summed E-state index contributed by atoms with van der Waals surface area (Å²) >= 11 is 0. The molecule has 1 aliphatic rings. The number of sulfonamides is 1. The Labute approximate surface area is 129 Å². The average molecular weight is 329 g/mol. The maximum Gasteiger partial charge on any atom is 0.310 e. The van der Waals surface area contributed by atoms with Crippen molar-refractivity contribution in [1.29, 1.82) is 0 Å². The fourth-order valence-corrected chi connectivity index (χ4v) is 3.75. The largest absolute Gasteiger partial charge is 0.490 e. The van der Waals surface area contributed by atoms with Crippen LogP contribution < -0.4 is 14.8 Å². The van der Waals surface area contributed by atoms with E-state index in [2.05, 4.69) is 10.0 Å². The number of benzene rings is 1. The number of methoxy groups -OCH3 is 1. The minimum Gasteiger partial charge on any atom is -0.490 e. The highest BCUT2D eigenvalue weighted by Crippen LogP contribution is 2.29. The monoisotopic (exact) mass is 329 g/mol. The molecule has 122 valence electrons. The average Bonchev–Trinajstić information content (AvgIpc) is 2.48. The summed E-state index contributed by atoms with van der Waals surface area (Å²) in [5, 5.41) is 14.0. The first-order valence-corrected chi connectivity index (χ1v) is 8.39. The summed E-state index contributed by atoms with van der Waals surface area (Å²) in [5.41, 5.74) is -0.269. The minimum absolute atomic E-state index is 0.0484. The normalized spacial score (nSPS) is 22.3. The van der Waals surface area contributed by atoms with Gasteiger partial charge in [-0.25, -0.2) is 13.1 Å². The maximum absolute atomic E-state index is 12.4. The SMILES string of the molecule is COc1cc(S(=O)(=O)NC2CNCCC2C)ccc1[N+](=O)[O-]. The van der Waals surface area contributed by atoms with Gasteiger partial charge in [-0.2, -0.15) is 0 Å². The van der Waals surface area contributed by atoms with Crippen LogP contribution in [0.2, 0.25) is 0 Å². The Morgan fingerprint density at radius 3 is 2.77 bits per heavy atom. The number of hydrogen-bond acceptors (Lipinski definition) is 6. The van der Waals surface area contributed by atoms with Crippen LogP contribution in [0.1, 0.15) is 13.3 Å². The fraction of sp³-hybridized carbons (Fsp3) is 0.538. The molecular formula is C13H19N3O5S. The van der Waals surface area contributed by atoms with Crippen LogP contribution in [0.25, 0.3) is 0 Å². The molecule has 1 aliphatic heterocycles. The van der Waals surface area contributed by atoms with E-state index in [0.717, 1.165) is 19.0 Å². The lowest BCUT2D eigenvalue weighted by molar-refractivity contribution is -0.385. The molecule has 0 bridgehead atoms. The Hall–Kier alpha value is -1.71. The molecule has 2 rings (SSSR count). The van der Waals surface area contributed by atoms with Gasteiger partial charge >= 0.3 is 5.69 Å². The molecule has 1 aromatic rings. The van der Waals surface area contributed by atoms with Crippen molar-refractivity contribution in [1.82, 2.24) is 10.0 Å². The number of ether oxygens (including phenoxy) is 1. The molecule has 1 saturated heterocycles. The zero-order chi connectivity index (χ0) is 16.3. The standard InChI is InChI=1S/C13H19N3O5S/c1-9-5-6-14-8-11(9)15-22(19,20)10-3-4-12(16(17)18)13(7-10)21-2/h3-4,7,9,11,14-15H,5-6,8H2,1-2H3. The van der Waals surface area contributed by atoms with Gasteiger partial charge in [-0.05, 0) is 24.9 Å². The van der Waals surface area contributed by atoms with E-state index in [1.54, 1.807) is 0 Å². The molecule has 0 spiro atoms. The molecule has 2 atom stereocenters. The van der Waals surface area contributed by atoms with E-state index in [9.17, 15) is 18.5 Å². The highest BCUT2D eigenvalue weighted by atomic mass is 32.2. The van der Waals surface area contributed by atoms with Crippen molar-refractivity contribution >= 4 is 15.7 Å². The molecule has 1 fully saturated rings. The first kappa shape index (κ1) is 16.7. The molecular weight excluding hydrogens is 310 g/mol. The van der Waals surface area contributed by atoms with Gasteiger partial charge in [0.25, 0.3) is 0 Å². The Morgan fingerprint density at radius 1 is 1.45 bits per heavy atom. The van der Waals surface area contributed by atoms with Gasteiger partial charge in [0.2, 0.25) is 10.0 Å². The molecule has 0 amide bonds. The van der Waals surface area contributed by atoms with Crippen LogP contribution in [-0.4, -0.2) is 39.6 Å². The van der Waals surface area contributed by atoms with Gasteiger partial charge < -0.3 is 10.1 Å². The van der Waals surface area contributed by atoms with E-state index in [4.69, 9.17) is 4.74 Å². The smallest absolute Gasteiger partial charge is 0.310 e. The predicted octanol–water partition coefficient (Wildman–Crippen LogP) is 0.880. The van der Waals surface area contributed by atoms with Crippen molar-refractivity contribution in [3.63, 3.8) is 0 Å². The number of nitro groups is 1. The molecule has 0 aromatic heterocycles. The molecule has 1 aromatic carbocycles. The molecule has 2 unspecified atom stereocenters. The third-order valence-electron chi connectivity index (χ3n) is 3.79. The van der Waals surface area contributed by atoms with Gasteiger partial charge in [-0.1, -0.05) is 6.92 Å². The van der Waals surface area contributed by atoms with Crippen LogP contribution >= 0.6 is 0 Å². The number of nitro benzene ring substituents is 1. The van der Waals surface area contributed by atoms with Crippen LogP contribution in [0.4, 0.5) is 5.69 Å². The number of piperidine rings is 1. The maximum atomic E-state index is 12.4. The van der Waals surface area contributed by atoms with E-state index in [1.807, 2.05) is 6.92 Å². The number of rotatable bonds is 5. The van der Waals surface area contributed by atoms with Gasteiger partial charge in [0.15, 0.2) is 5.75 Å². The molecule has 8 nitrogen and oxygen atoms in total. The van der Waals surface area contributed by atoms with Crippen LogP contribution in [-0.2, 0) is 10.0 Å². The third kappa shape index (κ3) is 3.54. The summed E-state index contributed by atoms with van der Waals surface area (Å²) in [6.07, 6.45) is 0.886. The lowest BCUT2D eigenvalue weighted by Crippen LogP contribution is -2.50. The molecule has 0 aliphatic carbocycles. The molecule has 1 heterocycles. The topological polar surface area (TPSA) is 111 Å². The first-order valence-electron chi connectivity index (χ1n) is 6.90. The fourth-order valence-electron chi connectivity index (χ4n) is 2.39. The van der Waals surface area contributed by atoms with Crippen molar-refractivity contribution < 1.29 is 18.1 Å². The summed E-state index contributed by atoms with van der Waals surface area (Å²) < 4.78 is 32.4. The molecule has 2 N–H and O–H groups in total. The van der Waals surface area contributed by atoms with Crippen LogP contribution in [0.5, 0.6) is 5.75 Å². The van der Waals surface area contributed by atoms with Crippen molar-refractivity contribution in [2.75, 3.05) is 20.2 Å². The number of hydrogen-bond donors (Lipinski definition) is 2. The van der Waals surface area contributed by atoms with Gasteiger partial charge in [0.1, 0.15) is 0 Å². The number of nitrogens with one attached hydrogen (secondary N) is 2. The van der Waals surface area contributed by atoms with Gasteiger partial charge in [-0.15, -0.1) is 0 Å². The van der Waals surface area contributed by atoms with Crippen molar-refractivity contribution in [2.24, 2.45) is 5.92 Å². The van der Waals surface area contributed by atoms with E-state index in [-0.39, 0.29) is 28.3 Å². The lowest BCUT2D eigenvalue weighted by Gasteiger charge is -2.29. The second-order valence-electron chi connectivity index (χ2n) is 5.29. The lowest BCUT2D eigenvalue weighted by atomic mass is 9.96. The highest BCUT2D eigenvalue weighted by Gasteiger charge is 2.28.